The molecule has 0 aliphatic heterocycles. The second-order valence-electron chi connectivity index (χ2n) is 7.36. The lowest BCUT2D eigenvalue weighted by molar-refractivity contribution is 0.178. The van der Waals surface area contributed by atoms with Gasteiger partial charge in [0.1, 0.15) is 0 Å². The van der Waals surface area contributed by atoms with Gasteiger partial charge in [0.2, 0.25) is 0 Å². The average Bonchev–Trinajstić information content (AvgIpc) is 2.66. The molecule has 4 atom stereocenters. The van der Waals surface area contributed by atoms with Gasteiger partial charge in [0.15, 0.2) is 0 Å². The van der Waals surface area contributed by atoms with Crippen LogP contribution in [-0.2, 0) is 6.42 Å². The van der Waals surface area contributed by atoms with Gasteiger partial charge in [0.25, 0.3) is 0 Å². The summed E-state index contributed by atoms with van der Waals surface area (Å²) >= 11 is 0. The summed E-state index contributed by atoms with van der Waals surface area (Å²) in [7, 11) is 0. The third-order valence-corrected chi connectivity index (χ3v) is 5.46. The average molecular weight is 351 g/mol. The number of hydrogen-bond acceptors (Lipinski definition) is 2. The molecule has 0 spiro atoms. The van der Waals surface area contributed by atoms with Crippen LogP contribution < -0.4 is 16.4 Å². The molecule has 0 aromatic heterocycles. The van der Waals surface area contributed by atoms with Gasteiger partial charge in [-0.3, -0.25) is 0 Å². The maximum Gasteiger partial charge on any atom is 0.315 e. The zero-order chi connectivity index (χ0) is 18.4. The summed E-state index contributed by atoms with van der Waals surface area (Å²) in [5, 5.41) is 6.04. The number of nitrogens with two attached hydrogens (primary N) is 1. The molecule has 138 valence electrons. The molecule has 0 heterocycles. The van der Waals surface area contributed by atoms with Crippen molar-refractivity contribution in [3.05, 3.63) is 71.8 Å². The molecule has 1 saturated carbocycles. The summed E-state index contributed by atoms with van der Waals surface area (Å²) in [5.41, 5.74) is 8.77. The highest BCUT2D eigenvalue weighted by Gasteiger charge is 2.39. The van der Waals surface area contributed by atoms with Crippen molar-refractivity contribution in [2.45, 2.75) is 44.2 Å². The first-order chi connectivity index (χ1) is 12.6. The van der Waals surface area contributed by atoms with Crippen LogP contribution in [0.5, 0.6) is 0 Å². The SMILES string of the molecule is CC1C(NC(=O)NCCC(N)Cc2ccccc2)CC1c1ccccc1. The van der Waals surface area contributed by atoms with Crippen LogP contribution in [0, 0.1) is 5.92 Å². The highest BCUT2D eigenvalue weighted by Crippen LogP contribution is 2.42. The van der Waals surface area contributed by atoms with E-state index in [2.05, 4.69) is 54.0 Å². The third-order valence-electron chi connectivity index (χ3n) is 5.46. The molecule has 3 rings (SSSR count). The first-order valence-corrected chi connectivity index (χ1v) is 9.52. The normalized spacial score (nSPS) is 22.9. The van der Waals surface area contributed by atoms with Gasteiger partial charge in [0, 0.05) is 18.6 Å². The van der Waals surface area contributed by atoms with Crippen LogP contribution in [0.25, 0.3) is 0 Å². The highest BCUT2D eigenvalue weighted by atomic mass is 16.2. The van der Waals surface area contributed by atoms with Crippen molar-refractivity contribution in [2.75, 3.05) is 6.54 Å². The van der Waals surface area contributed by atoms with E-state index in [0.29, 0.717) is 18.4 Å². The smallest absolute Gasteiger partial charge is 0.315 e. The Balaban J connectivity index is 1.34. The van der Waals surface area contributed by atoms with Crippen molar-refractivity contribution in [3.8, 4) is 0 Å². The Morgan fingerprint density at radius 3 is 2.42 bits per heavy atom. The molecule has 2 aromatic carbocycles. The minimum atomic E-state index is -0.0831. The molecule has 4 N–H and O–H groups in total. The molecule has 4 nitrogen and oxygen atoms in total. The highest BCUT2D eigenvalue weighted by molar-refractivity contribution is 5.74. The molecule has 1 aliphatic rings. The summed E-state index contributed by atoms with van der Waals surface area (Å²) in [6.45, 7) is 2.81. The number of carbonyl (C=O) groups excluding carboxylic acids is 1. The maximum absolute atomic E-state index is 12.1. The van der Waals surface area contributed by atoms with E-state index in [1.165, 1.54) is 11.1 Å². The molecule has 26 heavy (non-hydrogen) atoms. The fourth-order valence-electron chi connectivity index (χ4n) is 3.73. The van der Waals surface area contributed by atoms with Crippen LogP contribution in [-0.4, -0.2) is 24.7 Å². The number of urea groups is 1. The van der Waals surface area contributed by atoms with Crippen molar-refractivity contribution in [1.82, 2.24) is 10.6 Å². The van der Waals surface area contributed by atoms with Gasteiger partial charge in [0.05, 0.1) is 0 Å². The molecule has 0 bridgehead atoms. The minimum absolute atomic E-state index is 0.0581. The van der Waals surface area contributed by atoms with E-state index < -0.39 is 0 Å². The molecule has 1 fully saturated rings. The van der Waals surface area contributed by atoms with E-state index in [-0.39, 0.29) is 18.1 Å². The van der Waals surface area contributed by atoms with Crippen LogP contribution in [0.4, 0.5) is 4.79 Å². The van der Waals surface area contributed by atoms with E-state index in [1.807, 2.05) is 24.3 Å². The fourth-order valence-corrected chi connectivity index (χ4v) is 3.73. The lowest BCUT2D eigenvalue weighted by atomic mass is 9.67. The molecule has 0 saturated heterocycles. The van der Waals surface area contributed by atoms with Crippen LogP contribution >= 0.6 is 0 Å². The second kappa shape index (κ2) is 8.86. The number of carbonyl (C=O) groups is 1. The van der Waals surface area contributed by atoms with Crippen molar-refractivity contribution in [3.63, 3.8) is 0 Å². The van der Waals surface area contributed by atoms with Crippen molar-refractivity contribution < 1.29 is 4.79 Å². The molecule has 2 amide bonds. The van der Waals surface area contributed by atoms with E-state index >= 15 is 0 Å². The number of hydrogen-bond donors (Lipinski definition) is 3. The number of benzene rings is 2. The molecule has 1 aliphatic carbocycles. The quantitative estimate of drug-likeness (QED) is 0.715. The Labute approximate surface area is 156 Å². The van der Waals surface area contributed by atoms with Gasteiger partial charge in [-0.15, -0.1) is 0 Å². The first kappa shape index (κ1) is 18.5. The Bertz CT molecular complexity index is 689. The Morgan fingerprint density at radius 1 is 1.12 bits per heavy atom. The molecule has 2 aromatic rings. The van der Waals surface area contributed by atoms with Gasteiger partial charge in [-0.1, -0.05) is 67.6 Å². The van der Waals surface area contributed by atoms with Gasteiger partial charge < -0.3 is 16.4 Å². The molecule has 4 heteroatoms. The molecule has 4 unspecified atom stereocenters. The third kappa shape index (κ3) is 4.85. The zero-order valence-corrected chi connectivity index (χ0v) is 15.4. The summed E-state index contributed by atoms with van der Waals surface area (Å²) < 4.78 is 0. The molecular formula is C22H29N3O. The van der Waals surface area contributed by atoms with Gasteiger partial charge in [-0.05, 0) is 42.2 Å². The van der Waals surface area contributed by atoms with Crippen LogP contribution in [0.2, 0.25) is 0 Å². The predicted molar refractivity (Wildman–Crippen MR) is 106 cm³/mol. The number of nitrogens with one attached hydrogen (secondary N) is 2. The van der Waals surface area contributed by atoms with Crippen LogP contribution in [0.15, 0.2) is 60.7 Å². The Kier molecular flexibility index (Phi) is 6.29. The fraction of sp³-hybridized carbons (Fsp3) is 0.409. The van der Waals surface area contributed by atoms with Gasteiger partial charge in [-0.2, -0.15) is 0 Å². The van der Waals surface area contributed by atoms with Crippen molar-refractivity contribution in [1.29, 1.82) is 0 Å². The largest absolute Gasteiger partial charge is 0.338 e. The lowest BCUT2D eigenvalue weighted by Crippen LogP contribution is -2.53. The van der Waals surface area contributed by atoms with E-state index in [1.54, 1.807) is 0 Å². The monoisotopic (exact) mass is 351 g/mol. The van der Waals surface area contributed by atoms with Crippen molar-refractivity contribution in [2.24, 2.45) is 11.7 Å². The standard InChI is InChI=1S/C22H29N3O/c1-16-20(18-10-6-3-7-11-18)15-21(16)25-22(26)24-13-12-19(23)14-17-8-4-2-5-9-17/h2-11,16,19-21H,12-15,23H2,1H3,(H2,24,25,26). The minimum Gasteiger partial charge on any atom is -0.338 e. The predicted octanol–water partition coefficient (Wildman–Crippen LogP) is 3.44. The summed E-state index contributed by atoms with van der Waals surface area (Å²) in [6, 6.07) is 21.0. The summed E-state index contributed by atoms with van der Waals surface area (Å²) in [4.78, 5) is 12.1. The number of rotatable bonds is 7. The van der Waals surface area contributed by atoms with Gasteiger partial charge >= 0.3 is 6.03 Å². The van der Waals surface area contributed by atoms with E-state index in [9.17, 15) is 4.79 Å². The van der Waals surface area contributed by atoms with E-state index in [0.717, 1.165) is 19.3 Å². The topological polar surface area (TPSA) is 67.2 Å². The first-order valence-electron chi connectivity index (χ1n) is 9.52. The summed E-state index contributed by atoms with van der Waals surface area (Å²) in [6.07, 6.45) is 2.61. The van der Waals surface area contributed by atoms with Crippen LogP contribution in [0.3, 0.4) is 0 Å². The van der Waals surface area contributed by atoms with Crippen LogP contribution in [0.1, 0.15) is 36.8 Å². The maximum atomic E-state index is 12.1. The summed E-state index contributed by atoms with van der Waals surface area (Å²) in [5.74, 6) is 1.00. The Hall–Kier alpha value is -2.33. The van der Waals surface area contributed by atoms with E-state index in [4.69, 9.17) is 5.73 Å². The zero-order valence-electron chi connectivity index (χ0n) is 15.4. The molecule has 0 radical (unpaired) electrons. The Morgan fingerprint density at radius 2 is 1.77 bits per heavy atom. The molecular weight excluding hydrogens is 322 g/mol. The van der Waals surface area contributed by atoms with Crippen molar-refractivity contribution >= 4 is 6.03 Å². The van der Waals surface area contributed by atoms with Gasteiger partial charge in [-0.25, -0.2) is 4.79 Å². The number of amides is 2. The second-order valence-corrected chi connectivity index (χ2v) is 7.36. The lowest BCUT2D eigenvalue weighted by Gasteiger charge is -2.43.